The van der Waals surface area contributed by atoms with Gasteiger partial charge in [-0.1, -0.05) is 52.8 Å². The molecule has 1 unspecified atom stereocenters. The fourth-order valence-corrected chi connectivity index (χ4v) is 1.78. The second kappa shape index (κ2) is 7.10. The van der Waals surface area contributed by atoms with Gasteiger partial charge in [-0.2, -0.15) is 0 Å². The molecule has 2 N–H and O–H groups in total. The van der Waals surface area contributed by atoms with Crippen LogP contribution in [-0.4, -0.2) is 19.3 Å². The zero-order valence-corrected chi connectivity index (χ0v) is 13.2. The Balaban J connectivity index is 4.32. The lowest BCUT2D eigenvalue weighted by molar-refractivity contribution is 0.346. The Labute approximate surface area is 114 Å². The molecular weight excluding hydrogens is 220 g/mol. The van der Waals surface area contributed by atoms with Crippen LogP contribution in [0.25, 0.3) is 0 Å². The molecule has 0 rings (SSSR count). The van der Waals surface area contributed by atoms with Crippen molar-refractivity contribution in [2.45, 2.75) is 59.5 Å². The second-order valence-corrected chi connectivity index (χ2v) is 6.26. The lowest BCUT2D eigenvalue weighted by Crippen LogP contribution is -2.54. The summed E-state index contributed by atoms with van der Waals surface area (Å²) in [5.74, 6) is 0. The molecule has 0 aromatic carbocycles. The summed E-state index contributed by atoms with van der Waals surface area (Å²) in [6, 6.07) is 0. The molecule has 18 heavy (non-hydrogen) atoms. The molecule has 0 amide bonds. The number of likely N-dealkylation sites (N-methyl/N-ethyl adjacent to an activating group) is 1. The predicted molar refractivity (Wildman–Crippen MR) is 82.7 cm³/mol. The summed E-state index contributed by atoms with van der Waals surface area (Å²) in [4.78, 5) is 0. The smallest absolute Gasteiger partial charge is 0.0874 e. The van der Waals surface area contributed by atoms with Gasteiger partial charge in [0.1, 0.15) is 0 Å². The van der Waals surface area contributed by atoms with Gasteiger partial charge in [0, 0.05) is 6.54 Å². The summed E-state index contributed by atoms with van der Waals surface area (Å²) < 4.78 is 0. The van der Waals surface area contributed by atoms with Gasteiger partial charge in [0.15, 0.2) is 0 Å². The highest BCUT2D eigenvalue weighted by atomic mass is 15.2. The molecule has 0 aliphatic rings. The van der Waals surface area contributed by atoms with E-state index in [2.05, 4.69) is 58.4 Å². The van der Waals surface area contributed by atoms with E-state index in [1.54, 1.807) is 0 Å². The molecule has 0 aromatic heterocycles. The Morgan fingerprint density at radius 1 is 1.00 bits per heavy atom. The van der Waals surface area contributed by atoms with Crippen LogP contribution in [0.4, 0.5) is 0 Å². The van der Waals surface area contributed by atoms with Crippen molar-refractivity contribution < 1.29 is 0 Å². The molecule has 0 spiro atoms. The van der Waals surface area contributed by atoms with Crippen LogP contribution in [0.15, 0.2) is 24.3 Å². The largest absolute Gasteiger partial charge is 0.299 e. The van der Waals surface area contributed by atoms with Gasteiger partial charge in [-0.05, 0) is 37.8 Å². The Hall–Kier alpha value is -0.600. The van der Waals surface area contributed by atoms with Gasteiger partial charge < -0.3 is 0 Å². The molecule has 0 saturated carbocycles. The van der Waals surface area contributed by atoms with Crippen LogP contribution < -0.4 is 10.6 Å². The molecule has 2 nitrogen and oxygen atoms in total. The van der Waals surface area contributed by atoms with E-state index in [9.17, 15) is 0 Å². The van der Waals surface area contributed by atoms with Gasteiger partial charge in [-0.3, -0.25) is 10.6 Å². The quantitative estimate of drug-likeness (QED) is 0.506. The van der Waals surface area contributed by atoms with Gasteiger partial charge in [0.2, 0.25) is 0 Å². The predicted octanol–water partition coefficient (Wildman–Crippen LogP) is 3.86. The van der Waals surface area contributed by atoms with Crippen molar-refractivity contribution in [1.29, 1.82) is 0 Å². The van der Waals surface area contributed by atoms with Gasteiger partial charge >= 0.3 is 0 Å². The van der Waals surface area contributed by atoms with Crippen molar-refractivity contribution >= 4 is 0 Å². The Bertz CT molecular complexity index is 286. The van der Waals surface area contributed by atoms with Crippen molar-refractivity contribution in [2.24, 2.45) is 5.41 Å². The normalized spacial score (nSPS) is 15.2. The van der Waals surface area contributed by atoms with E-state index in [4.69, 9.17) is 0 Å². The highest BCUT2D eigenvalue weighted by molar-refractivity contribution is 5.14. The first-order chi connectivity index (χ1) is 8.17. The van der Waals surface area contributed by atoms with Crippen LogP contribution in [0.1, 0.15) is 53.9 Å². The third kappa shape index (κ3) is 5.36. The lowest BCUT2D eigenvalue weighted by atomic mass is 9.85. The second-order valence-electron chi connectivity index (χ2n) is 6.26. The van der Waals surface area contributed by atoms with Crippen LogP contribution in [0.3, 0.4) is 0 Å². The summed E-state index contributed by atoms with van der Waals surface area (Å²) >= 11 is 0. The minimum atomic E-state index is -0.172. The average Bonchev–Trinajstić information content (AvgIpc) is 2.27. The molecule has 0 aromatic rings. The fraction of sp³-hybridized carbons (Fsp3) is 0.750. The fourth-order valence-electron chi connectivity index (χ4n) is 1.78. The van der Waals surface area contributed by atoms with Crippen LogP contribution in [0, 0.1) is 5.41 Å². The molecule has 0 aliphatic heterocycles. The van der Waals surface area contributed by atoms with E-state index in [0.717, 1.165) is 25.8 Å². The maximum absolute atomic E-state index is 4.19. The van der Waals surface area contributed by atoms with Gasteiger partial charge in [0.05, 0.1) is 5.66 Å². The van der Waals surface area contributed by atoms with E-state index < -0.39 is 0 Å². The topological polar surface area (TPSA) is 24.1 Å². The van der Waals surface area contributed by atoms with E-state index in [1.165, 1.54) is 11.1 Å². The zero-order valence-electron chi connectivity index (χ0n) is 13.2. The van der Waals surface area contributed by atoms with E-state index >= 15 is 0 Å². The standard InChI is InChI=1S/C16H32N2/c1-9-10-14(3)16(7,17-8)18-12-11-13(2)15(4,5)6/h17-18H,2-3,9-12H2,1,4-8H3. The van der Waals surface area contributed by atoms with E-state index in [0.29, 0.717) is 0 Å². The Kier molecular flexibility index (Phi) is 6.87. The molecule has 0 radical (unpaired) electrons. The molecule has 0 aliphatic carbocycles. The lowest BCUT2D eigenvalue weighted by Gasteiger charge is -2.34. The van der Waals surface area contributed by atoms with Crippen molar-refractivity contribution in [3.8, 4) is 0 Å². The molecule has 106 valence electrons. The average molecular weight is 252 g/mol. The highest BCUT2D eigenvalue weighted by Gasteiger charge is 2.24. The van der Waals surface area contributed by atoms with E-state index in [1.807, 2.05) is 7.05 Å². The van der Waals surface area contributed by atoms with Gasteiger partial charge in [-0.15, -0.1) is 0 Å². The molecule has 1 atom stereocenters. The zero-order chi connectivity index (χ0) is 14.4. The molecule has 2 heteroatoms. The molecule has 0 heterocycles. The SMILES string of the molecule is C=C(CCNC(C)(NC)C(=C)CCC)C(C)(C)C. The van der Waals surface area contributed by atoms with Crippen LogP contribution in [-0.2, 0) is 0 Å². The van der Waals surface area contributed by atoms with Gasteiger partial charge in [0.25, 0.3) is 0 Å². The summed E-state index contributed by atoms with van der Waals surface area (Å²) in [6.07, 6.45) is 3.18. The summed E-state index contributed by atoms with van der Waals surface area (Å²) in [5.41, 5.74) is 2.52. The Morgan fingerprint density at radius 2 is 1.56 bits per heavy atom. The van der Waals surface area contributed by atoms with Crippen molar-refractivity contribution in [2.75, 3.05) is 13.6 Å². The first-order valence-electron chi connectivity index (χ1n) is 6.97. The number of nitrogens with one attached hydrogen (secondary N) is 2. The first kappa shape index (κ1) is 17.4. The molecule has 0 bridgehead atoms. The summed E-state index contributed by atoms with van der Waals surface area (Å²) in [5, 5.41) is 6.90. The van der Waals surface area contributed by atoms with Crippen molar-refractivity contribution in [1.82, 2.24) is 10.6 Å². The number of hydrogen-bond donors (Lipinski definition) is 2. The first-order valence-corrected chi connectivity index (χ1v) is 6.97. The summed E-state index contributed by atoms with van der Waals surface area (Å²) in [7, 11) is 1.98. The number of hydrogen-bond acceptors (Lipinski definition) is 2. The number of rotatable bonds is 8. The van der Waals surface area contributed by atoms with Crippen molar-refractivity contribution in [3.05, 3.63) is 24.3 Å². The minimum absolute atomic E-state index is 0.172. The van der Waals surface area contributed by atoms with Crippen LogP contribution >= 0.6 is 0 Å². The molecular formula is C16H32N2. The van der Waals surface area contributed by atoms with Crippen LogP contribution in [0.5, 0.6) is 0 Å². The highest BCUT2D eigenvalue weighted by Crippen LogP contribution is 2.26. The third-order valence-corrected chi connectivity index (χ3v) is 3.72. The van der Waals surface area contributed by atoms with E-state index in [-0.39, 0.29) is 11.1 Å². The Morgan fingerprint density at radius 3 is 1.94 bits per heavy atom. The minimum Gasteiger partial charge on any atom is -0.299 e. The maximum atomic E-state index is 4.19. The van der Waals surface area contributed by atoms with Crippen LogP contribution in [0.2, 0.25) is 0 Å². The molecule has 0 saturated heterocycles. The monoisotopic (exact) mass is 252 g/mol. The summed E-state index contributed by atoms with van der Waals surface area (Å²) in [6.45, 7) is 20.3. The van der Waals surface area contributed by atoms with Gasteiger partial charge in [-0.25, -0.2) is 0 Å². The van der Waals surface area contributed by atoms with Crippen molar-refractivity contribution in [3.63, 3.8) is 0 Å². The molecule has 0 fully saturated rings. The maximum Gasteiger partial charge on any atom is 0.0874 e. The third-order valence-electron chi connectivity index (χ3n) is 3.72.